The summed E-state index contributed by atoms with van der Waals surface area (Å²) in [7, 11) is 3.57. The largest absolute Gasteiger partial charge is 0.345 e. The van der Waals surface area contributed by atoms with Gasteiger partial charge in [-0.15, -0.1) is 0 Å². The Bertz CT molecular complexity index is 443. The summed E-state index contributed by atoms with van der Waals surface area (Å²) in [6.45, 7) is 0.834. The van der Waals surface area contributed by atoms with Crippen molar-refractivity contribution in [1.82, 2.24) is 10.2 Å². The fourth-order valence-corrected chi connectivity index (χ4v) is 4.54. The first-order valence-electron chi connectivity index (χ1n) is 6.86. The predicted molar refractivity (Wildman–Crippen MR) is 89.7 cm³/mol. The Morgan fingerprint density at radius 3 is 2.65 bits per heavy atom. The van der Waals surface area contributed by atoms with Crippen LogP contribution in [0, 0.1) is 0 Å². The van der Waals surface area contributed by atoms with E-state index in [0.29, 0.717) is 6.04 Å². The maximum atomic E-state index is 11.9. The van der Waals surface area contributed by atoms with Crippen molar-refractivity contribution in [2.45, 2.75) is 12.6 Å². The quantitative estimate of drug-likeness (QED) is 0.925. The molecule has 1 heterocycles. The smallest absolute Gasteiger partial charge is 0.253 e. The average molecular weight is 310 g/mol. The molecule has 0 aromatic heterocycles. The lowest BCUT2D eigenvalue weighted by atomic mass is 10.1. The van der Waals surface area contributed by atoms with Gasteiger partial charge in [0.25, 0.3) is 5.91 Å². The zero-order valence-electron chi connectivity index (χ0n) is 12.1. The topological polar surface area (TPSA) is 32.3 Å². The van der Waals surface area contributed by atoms with Crippen LogP contribution in [0.1, 0.15) is 15.9 Å². The Morgan fingerprint density at radius 1 is 1.30 bits per heavy atom. The number of benzene rings is 1. The summed E-state index contributed by atoms with van der Waals surface area (Å²) in [6, 6.07) is 8.48. The Balaban J connectivity index is 1.92. The Morgan fingerprint density at radius 2 is 2.00 bits per heavy atom. The van der Waals surface area contributed by atoms with E-state index in [2.05, 4.69) is 11.4 Å². The Labute approximate surface area is 129 Å². The summed E-state index contributed by atoms with van der Waals surface area (Å²) in [4.78, 5) is 13.6. The van der Waals surface area contributed by atoms with Gasteiger partial charge in [-0.2, -0.15) is 23.5 Å². The van der Waals surface area contributed by atoms with E-state index >= 15 is 0 Å². The molecule has 0 unspecified atom stereocenters. The Kier molecular flexibility index (Phi) is 6.26. The van der Waals surface area contributed by atoms with E-state index in [1.54, 1.807) is 19.0 Å². The lowest BCUT2D eigenvalue weighted by Crippen LogP contribution is -2.32. The van der Waals surface area contributed by atoms with Crippen molar-refractivity contribution in [3.8, 4) is 0 Å². The highest BCUT2D eigenvalue weighted by Crippen LogP contribution is 2.17. The molecule has 110 valence electrons. The molecule has 1 fully saturated rings. The third-order valence-electron chi connectivity index (χ3n) is 3.19. The molecule has 1 aliphatic heterocycles. The fourth-order valence-electron chi connectivity index (χ4n) is 2.07. The summed E-state index contributed by atoms with van der Waals surface area (Å²) in [6.07, 6.45) is 0. The van der Waals surface area contributed by atoms with Gasteiger partial charge in [0.15, 0.2) is 0 Å². The van der Waals surface area contributed by atoms with E-state index in [0.717, 1.165) is 12.1 Å². The highest BCUT2D eigenvalue weighted by molar-refractivity contribution is 8.03. The van der Waals surface area contributed by atoms with E-state index in [-0.39, 0.29) is 5.91 Å². The lowest BCUT2D eigenvalue weighted by Gasteiger charge is -2.16. The second-order valence-electron chi connectivity index (χ2n) is 5.13. The fraction of sp³-hybridized carbons (Fsp3) is 0.533. The monoisotopic (exact) mass is 310 g/mol. The molecule has 1 N–H and O–H groups in total. The second kappa shape index (κ2) is 7.96. The molecule has 3 nitrogen and oxygen atoms in total. The number of nitrogens with one attached hydrogen (secondary N) is 1. The zero-order chi connectivity index (χ0) is 14.4. The van der Waals surface area contributed by atoms with E-state index in [9.17, 15) is 4.79 Å². The number of carbonyl (C=O) groups is 1. The van der Waals surface area contributed by atoms with Gasteiger partial charge in [-0.1, -0.05) is 12.1 Å². The average Bonchev–Trinajstić information content (AvgIpc) is 2.73. The summed E-state index contributed by atoms with van der Waals surface area (Å²) >= 11 is 4.05. The first-order valence-corrected chi connectivity index (χ1v) is 9.17. The van der Waals surface area contributed by atoms with E-state index in [1.807, 2.05) is 41.7 Å². The minimum Gasteiger partial charge on any atom is -0.345 e. The first kappa shape index (κ1) is 15.7. The lowest BCUT2D eigenvalue weighted by molar-refractivity contribution is 0.0827. The van der Waals surface area contributed by atoms with Crippen LogP contribution in [0.25, 0.3) is 0 Å². The van der Waals surface area contributed by atoms with Crippen LogP contribution in [0.2, 0.25) is 0 Å². The second-order valence-corrected chi connectivity index (χ2v) is 7.43. The van der Waals surface area contributed by atoms with Gasteiger partial charge in [-0.3, -0.25) is 4.79 Å². The van der Waals surface area contributed by atoms with Gasteiger partial charge in [0.05, 0.1) is 0 Å². The van der Waals surface area contributed by atoms with Crippen molar-refractivity contribution in [2.24, 2.45) is 0 Å². The van der Waals surface area contributed by atoms with Crippen LogP contribution in [0.3, 0.4) is 0 Å². The van der Waals surface area contributed by atoms with Crippen LogP contribution in [0.15, 0.2) is 24.3 Å². The number of carbonyl (C=O) groups excluding carboxylic acids is 1. The minimum atomic E-state index is 0.0624. The Hall–Kier alpha value is -0.650. The predicted octanol–water partition coefficient (Wildman–Crippen LogP) is 2.33. The summed E-state index contributed by atoms with van der Waals surface area (Å²) in [5, 5.41) is 3.61. The molecule has 5 heteroatoms. The molecular weight excluding hydrogens is 288 g/mol. The van der Waals surface area contributed by atoms with Crippen LogP contribution in [-0.4, -0.2) is 54.0 Å². The maximum Gasteiger partial charge on any atom is 0.253 e. The van der Waals surface area contributed by atoms with Gasteiger partial charge in [-0.25, -0.2) is 0 Å². The van der Waals surface area contributed by atoms with Crippen LogP contribution in [0.4, 0.5) is 0 Å². The highest BCUT2D eigenvalue weighted by atomic mass is 32.2. The SMILES string of the molecule is CN(C)C(=O)c1cccc(CNC2CSCCSC2)c1. The standard InChI is InChI=1S/C15H22N2OS2/c1-17(2)15(18)13-5-3-4-12(8-13)9-16-14-10-19-6-7-20-11-14/h3-5,8,14,16H,6-7,9-11H2,1-2H3. The molecule has 0 spiro atoms. The molecule has 0 saturated carbocycles. The summed E-state index contributed by atoms with van der Waals surface area (Å²) in [5.41, 5.74) is 1.94. The zero-order valence-corrected chi connectivity index (χ0v) is 13.7. The minimum absolute atomic E-state index is 0.0624. The van der Waals surface area contributed by atoms with Crippen molar-refractivity contribution in [1.29, 1.82) is 0 Å². The molecule has 0 atom stereocenters. The van der Waals surface area contributed by atoms with Gasteiger partial charge >= 0.3 is 0 Å². The van der Waals surface area contributed by atoms with Gasteiger partial charge in [0.1, 0.15) is 0 Å². The van der Waals surface area contributed by atoms with E-state index in [4.69, 9.17) is 0 Å². The highest BCUT2D eigenvalue weighted by Gasteiger charge is 2.13. The van der Waals surface area contributed by atoms with E-state index in [1.165, 1.54) is 28.6 Å². The number of thioether (sulfide) groups is 2. The molecule has 1 saturated heterocycles. The normalized spacial score (nSPS) is 16.7. The molecule has 0 aliphatic carbocycles. The third-order valence-corrected chi connectivity index (χ3v) is 5.71. The number of hydrogen-bond acceptors (Lipinski definition) is 4. The van der Waals surface area contributed by atoms with Crippen molar-refractivity contribution in [3.63, 3.8) is 0 Å². The van der Waals surface area contributed by atoms with Gasteiger partial charge < -0.3 is 10.2 Å². The molecule has 1 aliphatic rings. The number of rotatable bonds is 4. The molecule has 2 rings (SSSR count). The van der Waals surface area contributed by atoms with Crippen molar-refractivity contribution in [2.75, 3.05) is 37.1 Å². The molecule has 1 aromatic carbocycles. The van der Waals surface area contributed by atoms with Crippen LogP contribution < -0.4 is 5.32 Å². The molecular formula is C15H22N2OS2. The summed E-state index contributed by atoms with van der Waals surface area (Å²) in [5.74, 6) is 4.95. The number of hydrogen-bond donors (Lipinski definition) is 1. The molecule has 0 bridgehead atoms. The molecule has 0 radical (unpaired) electrons. The van der Waals surface area contributed by atoms with Crippen molar-refractivity contribution < 1.29 is 4.79 Å². The third kappa shape index (κ3) is 4.72. The van der Waals surface area contributed by atoms with Gasteiger partial charge in [0.2, 0.25) is 0 Å². The number of amides is 1. The van der Waals surface area contributed by atoms with Crippen LogP contribution in [-0.2, 0) is 6.54 Å². The maximum absolute atomic E-state index is 11.9. The molecule has 1 aromatic rings. The van der Waals surface area contributed by atoms with Gasteiger partial charge in [0, 0.05) is 55.3 Å². The molecule has 20 heavy (non-hydrogen) atoms. The number of nitrogens with zero attached hydrogens (tertiary/aromatic N) is 1. The van der Waals surface area contributed by atoms with Crippen molar-refractivity contribution in [3.05, 3.63) is 35.4 Å². The van der Waals surface area contributed by atoms with Gasteiger partial charge in [-0.05, 0) is 17.7 Å². The van der Waals surface area contributed by atoms with E-state index < -0.39 is 0 Å². The van der Waals surface area contributed by atoms with Crippen molar-refractivity contribution >= 4 is 29.4 Å². The summed E-state index contributed by atoms with van der Waals surface area (Å²) < 4.78 is 0. The van der Waals surface area contributed by atoms with Crippen LogP contribution >= 0.6 is 23.5 Å². The van der Waals surface area contributed by atoms with Crippen LogP contribution in [0.5, 0.6) is 0 Å². The molecule has 1 amide bonds. The first-order chi connectivity index (χ1) is 9.66.